The topological polar surface area (TPSA) is 98.3 Å². The van der Waals surface area contributed by atoms with Gasteiger partial charge in [-0.05, 0) is 23.8 Å². The van der Waals surface area contributed by atoms with Crippen LogP contribution in [0.1, 0.15) is 15.9 Å². The van der Waals surface area contributed by atoms with Gasteiger partial charge in [-0.2, -0.15) is 0 Å². The summed E-state index contributed by atoms with van der Waals surface area (Å²) >= 11 is 3.41. The van der Waals surface area contributed by atoms with Crippen molar-refractivity contribution in [1.29, 1.82) is 0 Å². The molecule has 108 valence electrons. The van der Waals surface area contributed by atoms with Gasteiger partial charge in [0.25, 0.3) is 5.69 Å². The van der Waals surface area contributed by atoms with E-state index in [-0.39, 0.29) is 16.9 Å². The van der Waals surface area contributed by atoms with Gasteiger partial charge in [0.15, 0.2) is 0 Å². The number of benzene rings is 2. The van der Waals surface area contributed by atoms with Crippen molar-refractivity contribution in [3.8, 4) is 0 Å². The number of nitro groups is 1. The van der Waals surface area contributed by atoms with Gasteiger partial charge in [0, 0.05) is 22.6 Å². The summed E-state index contributed by atoms with van der Waals surface area (Å²) in [6.45, 7) is 0.379. The van der Waals surface area contributed by atoms with Crippen LogP contribution >= 0.6 is 15.9 Å². The normalized spacial score (nSPS) is 10.1. The van der Waals surface area contributed by atoms with Gasteiger partial charge in [-0.15, -0.1) is 0 Å². The average molecular weight is 350 g/mol. The van der Waals surface area contributed by atoms with E-state index in [1.165, 1.54) is 18.2 Å². The molecule has 2 aromatic carbocycles. The summed E-state index contributed by atoms with van der Waals surface area (Å²) in [5, 5.41) is 14.0. The van der Waals surface area contributed by atoms with E-state index >= 15 is 0 Å². The van der Waals surface area contributed by atoms with Crippen molar-refractivity contribution in [2.75, 3.05) is 5.32 Å². The maximum Gasteiger partial charge on any atom is 0.292 e. The van der Waals surface area contributed by atoms with Crippen LogP contribution in [-0.4, -0.2) is 10.8 Å². The molecule has 0 radical (unpaired) electrons. The lowest BCUT2D eigenvalue weighted by Gasteiger charge is -2.09. The molecule has 2 rings (SSSR count). The molecule has 0 heterocycles. The molecule has 0 saturated carbocycles. The van der Waals surface area contributed by atoms with Crippen LogP contribution in [-0.2, 0) is 6.54 Å². The first-order valence-electron chi connectivity index (χ1n) is 6.04. The number of halogens is 1. The second-order valence-electron chi connectivity index (χ2n) is 4.30. The van der Waals surface area contributed by atoms with Crippen LogP contribution in [0.5, 0.6) is 0 Å². The fraction of sp³-hybridized carbons (Fsp3) is 0.0714. The average Bonchev–Trinajstić information content (AvgIpc) is 2.46. The van der Waals surface area contributed by atoms with E-state index in [1.54, 1.807) is 0 Å². The predicted molar refractivity (Wildman–Crippen MR) is 83.1 cm³/mol. The molecule has 0 aliphatic heterocycles. The number of nitrogens with zero attached hydrogens (tertiary/aromatic N) is 1. The smallest absolute Gasteiger partial charge is 0.292 e. The van der Waals surface area contributed by atoms with Gasteiger partial charge in [0.1, 0.15) is 5.69 Å². The van der Waals surface area contributed by atoms with Crippen molar-refractivity contribution >= 4 is 33.2 Å². The van der Waals surface area contributed by atoms with Gasteiger partial charge >= 0.3 is 0 Å². The third-order valence-electron chi connectivity index (χ3n) is 2.90. The van der Waals surface area contributed by atoms with Gasteiger partial charge in [0.2, 0.25) is 5.91 Å². The van der Waals surface area contributed by atoms with Crippen molar-refractivity contribution in [1.82, 2.24) is 0 Å². The summed E-state index contributed by atoms with van der Waals surface area (Å²) in [5.74, 6) is -0.631. The Balaban J connectivity index is 2.29. The molecule has 0 aliphatic carbocycles. The third kappa shape index (κ3) is 3.57. The Kier molecular flexibility index (Phi) is 4.54. The van der Waals surface area contributed by atoms with Crippen LogP contribution in [0.25, 0.3) is 0 Å². The predicted octanol–water partition coefficient (Wildman–Crippen LogP) is 3.07. The summed E-state index contributed by atoms with van der Waals surface area (Å²) < 4.78 is 0.895. The third-order valence-corrected chi connectivity index (χ3v) is 3.68. The van der Waals surface area contributed by atoms with Crippen LogP contribution in [0.15, 0.2) is 46.9 Å². The van der Waals surface area contributed by atoms with Crippen molar-refractivity contribution < 1.29 is 9.72 Å². The number of primary amides is 1. The molecule has 3 N–H and O–H groups in total. The number of carbonyl (C=O) groups is 1. The maximum atomic E-state index is 11.2. The van der Waals surface area contributed by atoms with Crippen LogP contribution in [0.4, 0.5) is 11.4 Å². The fourth-order valence-electron chi connectivity index (χ4n) is 1.82. The highest BCUT2D eigenvalue weighted by atomic mass is 79.9. The highest BCUT2D eigenvalue weighted by Crippen LogP contribution is 2.27. The Labute approximate surface area is 129 Å². The molecule has 7 heteroatoms. The Hall–Kier alpha value is -2.41. The van der Waals surface area contributed by atoms with E-state index in [4.69, 9.17) is 5.73 Å². The summed E-state index contributed by atoms with van der Waals surface area (Å²) in [7, 11) is 0. The zero-order valence-electron chi connectivity index (χ0n) is 10.9. The van der Waals surface area contributed by atoms with E-state index in [9.17, 15) is 14.9 Å². The summed E-state index contributed by atoms with van der Waals surface area (Å²) in [6, 6.07) is 11.5. The molecule has 2 aromatic rings. The number of nitrogens with one attached hydrogen (secondary N) is 1. The molecule has 0 atom stereocenters. The van der Waals surface area contributed by atoms with Gasteiger partial charge in [-0.1, -0.05) is 34.1 Å². The van der Waals surface area contributed by atoms with Crippen LogP contribution in [0.2, 0.25) is 0 Å². The van der Waals surface area contributed by atoms with Gasteiger partial charge in [-0.25, -0.2) is 0 Å². The first kappa shape index (κ1) is 15.0. The molecule has 0 aromatic heterocycles. The highest BCUT2D eigenvalue weighted by molar-refractivity contribution is 9.10. The lowest BCUT2D eigenvalue weighted by atomic mass is 10.1. The van der Waals surface area contributed by atoms with Crippen LogP contribution in [0.3, 0.4) is 0 Å². The number of nitro benzene ring substituents is 1. The second kappa shape index (κ2) is 6.36. The lowest BCUT2D eigenvalue weighted by Crippen LogP contribution is -2.12. The van der Waals surface area contributed by atoms with Crippen molar-refractivity contribution in [3.63, 3.8) is 0 Å². The standard InChI is InChI=1S/C14H12BrN3O3/c15-11-4-2-1-3-10(11)8-17-12-7-9(14(16)19)5-6-13(12)18(20)21/h1-7,17H,8H2,(H2,16,19). The molecule has 0 bridgehead atoms. The van der Waals surface area contributed by atoms with Gasteiger partial charge in [-0.3, -0.25) is 14.9 Å². The molecule has 0 saturated heterocycles. The molecular weight excluding hydrogens is 338 g/mol. The first-order valence-corrected chi connectivity index (χ1v) is 6.84. The minimum Gasteiger partial charge on any atom is -0.375 e. The van der Waals surface area contributed by atoms with Crippen LogP contribution < -0.4 is 11.1 Å². The summed E-state index contributed by atoms with van der Waals surface area (Å²) in [4.78, 5) is 21.7. The van der Waals surface area contributed by atoms with E-state index in [2.05, 4.69) is 21.2 Å². The summed E-state index contributed by atoms with van der Waals surface area (Å²) in [5.41, 5.74) is 6.51. The molecule has 21 heavy (non-hydrogen) atoms. The van der Waals surface area contributed by atoms with Crippen molar-refractivity contribution in [3.05, 3.63) is 68.2 Å². The zero-order chi connectivity index (χ0) is 15.4. The SMILES string of the molecule is NC(=O)c1ccc([N+](=O)[O-])c(NCc2ccccc2Br)c1. The molecule has 0 unspecified atom stereocenters. The van der Waals surface area contributed by atoms with E-state index < -0.39 is 10.8 Å². The number of hydrogen-bond acceptors (Lipinski definition) is 4. The van der Waals surface area contributed by atoms with E-state index in [1.807, 2.05) is 24.3 Å². The number of amides is 1. The Morgan fingerprint density at radius 1 is 1.29 bits per heavy atom. The first-order chi connectivity index (χ1) is 9.99. The zero-order valence-corrected chi connectivity index (χ0v) is 12.5. The Morgan fingerprint density at radius 2 is 2.00 bits per heavy atom. The largest absolute Gasteiger partial charge is 0.375 e. The monoisotopic (exact) mass is 349 g/mol. The van der Waals surface area contributed by atoms with Crippen molar-refractivity contribution in [2.45, 2.75) is 6.54 Å². The number of nitrogens with two attached hydrogens (primary N) is 1. The Bertz CT molecular complexity index is 704. The lowest BCUT2D eigenvalue weighted by molar-refractivity contribution is -0.384. The molecule has 0 spiro atoms. The quantitative estimate of drug-likeness (QED) is 0.640. The molecule has 1 amide bonds. The molecule has 6 nitrogen and oxygen atoms in total. The highest BCUT2D eigenvalue weighted by Gasteiger charge is 2.15. The van der Waals surface area contributed by atoms with E-state index in [0.717, 1.165) is 10.0 Å². The molecule has 0 aliphatic rings. The van der Waals surface area contributed by atoms with Crippen molar-refractivity contribution in [2.24, 2.45) is 5.73 Å². The maximum absolute atomic E-state index is 11.2. The van der Waals surface area contributed by atoms with Crippen LogP contribution in [0, 0.1) is 10.1 Å². The second-order valence-corrected chi connectivity index (χ2v) is 5.15. The van der Waals surface area contributed by atoms with Gasteiger partial charge in [0.05, 0.1) is 4.92 Å². The number of carbonyl (C=O) groups excluding carboxylic acids is 1. The number of hydrogen-bond donors (Lipinski definition) is 2. The van der Waals surface area contributed by atoms with Gasteiger partial charge < -0.3 is 11.1 Å². The number of anilines is 1. The fourth-order valence-corrected chi connectivity index (χ4v) is 2.25. The molecule has 0 fully saturated rings. The number of rotatable bonds is 5. The van der Waals surface area contributed by atoms with E-state index in [0.29, 0.717) is 6.54 Å². The minimum absolute atomic E-state index is 0.105. The summed E-state index contributed by atoms with van der Waals surface area (Å²) in [6.07, 6.45) is 0. The Morgan fingerprint density at radius 3 is 2.62 bits per heavy atom. The minimum atomic E-state index is -0.631. The molecular formula is C14H12BrN3O3.